The fourth-order valence-electron chi connectivity index (χ4n) is 1.00. The molecule has 0 radical (unpaired) electrons. The highest BCUT2D eigenvalue weighted by atomic mass is 19.1. The van der Waals surface area contributed by atoms with E-state index in [2.05, 4.69) is 4.74 Å². The molecule has 1 saturated carbocycles. The Kier molecular flexibility index (Phi) is 2.25. The molecule has 0 bridgehead atoms. The van der Waals surface area contributed by atoms with Crippen LogP contribution in [0, 0.1) is 5.92 Å². The van der Waals surface area contributed by atoms with Crippen molar-refractivity contribution in [3.8, 4) is 0 Å². The molecular weight excluding hydrogens is 135 g/mol. The summed E-state index contributed by atoms with van der Waals surface area (Å²) in [4.78, 5) is 10.8. The molecule has 0 amide bonds. The Morgan fingerprint density at radius 2 is 2.30 bits per heavy atom. The second-order valence-corrected chi connectivity index (χ2v) is 2.52. The van der Waals surface area contributed by atoms with E-state index in [1.54, 1.807) is 6.92 Å². The van der Waals surface area contributed by atoms with Crippen LogP contribution in [0.4, 0.5) is 4.39 Å². The molecule has 0 aliphatic heterocycles. The number of carbonyl (C=O) groups excluding carboxylic acids is 1. The van der Waals surface area contributed by atoms with Gasteiger partial charge in [0.05, 0.1) is 12.5 Å². The van der Waals surface area contributed by atoms with Crippen LogP contribution >= 0.6 is 0 Å². The van der Waals surface area contributed by atoms with Crippen molar-refractivity contribution in [3.05, 3.63) is 0 Å². The van der Waals surface area contributed by atoms with Gasteiger partial charge in [-0.2, -0.15) is 0 Å². The lowest BCUT2D eigenvalue weighted by molar-refractivity contribution is -0.153. The predicted molar refractivity (Wildman–Crippen MR) is 34.3 cm³/mol. The normalized spacial score (nSPS) is 31.0. The molecule has 0 spiro atoms. The zero-order chi connectivity index (χ0) is 7.56. The Labute approximate surface area is 59.4 Å². The Hall–Kier alpha value is -0.600. The van der Waals surface area contributed by atoms with Crippen molar-refractivity contribution in [2.45, 2.75) is 25.9 Å². The lowest BCUT2D eigenvalue weighted by Crippen LogP contribution is -2.32. The van der Waals surface area contributed by atoms with E-state index < -0.39 is 6.17 Å². The number of hydrogen-bond donors (Lipinski definition) is 0. The molecule has 1 fully saturated rings. The Morgan fingerprint density at radius 1 is 1.70 bits per heavy atom. The third-order valence-corrected chi connectivity index (χ3v) is 1.70. The van der Waals surface area contributed by atoms with Crippen molar-refractivity contribution in [1.82, 2.24) is 0 Å². The molecule has 0 aromatic rings. The summed E-state index contributed by atoms with van der Waals surface area (Å²) in [5.41, 5.74) is 0. The van der Waals surface area contributed by atoms with Crippen molar-refractivity contribution in [1.29, 1.82) is 0 Å². The quantitative estimate of drug-likeness (QED) is 0.549. The van der Waals surface area contributed by atoms with Crippen LogP contribution in [0.1, 0.15) is 19.8 Å². The lowest BCUT2D eigenvalue weighted by atomic mass is 9.84. The molecular formula is C7H11FO2. The summed E-state index contributed by atoms with van der Waals surface area (Å²) in [5.74, 6) is -0.397. The summed E-state index contributed by atoms with van der Waals surface area (Å²) in [6.07, 6.45) is -0.0492. The molecule has 1 aliphatic rings. The minimum Gasteiger partial charge on any atom is -0.466 e. The SMILES string of the molecule is CCOC(=O)C1CC(F)C1. The number of alkyl halides is 1. The maximum Gasteiger partial charge on any atom is 0.309 e. The smallest absolute Gasteiger partial charge is 0.309 e. The fraction of sp³-hybridized carbons (Fsp3) is 0.857. The third-order valence-electron chi connectivity index (χ3n) is 1.70. The Bertz CT molecular complexity index is 130. The number of esters is 1. The van der Waals surface area contributed by atoms with Crippen molar-refractivity contribution >= 4 is 5.97 Å². The number of ether oxygens (including phenoxy) is 1. The van der Waals surface area contributed by atoms with Gasteiger partial charge in [0.25, 0.3) is 0 Å². The number of carbonyl (C=O) groups is 1. The molecule has 0 N–H and O–H groups in total. The molecule has 2 nitrogen and oxygen atoms in total. The van der Waals surface area contributed by atoms with E-state index >= 15 is 0 Å². The summed E-state index contributed by atoms with van der Waals surface area (Å²) in [7, 11) is 0. The van der Waals surface area contributed by atoms with Crippen LogP contribution in [-0.4, -0.2) is 18.7 Å². The van der Waals surface area contributed by atoms with Gasteiger partial charge in [0.15, 0.2) is 0 Å². The van der Waals surface area contributed by atoms with E-state index in [1.165, 1.54) is 0 Å². The van der Waals surface area contributed by atoms with Gasteiger partial charge in [-0.05, 0) is 19.8 Å². The number of halogens is 1. The molecule has 3 heteroatoms. The van der Waals surface area contributed by atoms with E-state index in [0.29, 0.717) is 19.4 Å². The lowest BCUT2D eigenvalue weighted by Gasteiger charge is -2.26. The highest BCUT2D eigenvalue weighted by molar-refractivity contribution is 5.73. The van der Waals surface area contributed by atoms with Crippen LogP contribution in [-0.2, 0) is 9.53 Å². The van der Waals surface area contributed by atoms with Gasteiger partial charge < -0.3 is 4.74 Å². The Balaban J connectivity index is 2.18. The fourth-order valence-corrected chi connectivity index (χ4v) is 1.00. The first-order valence-corrected chi connectivity index (χ1v) is 3.54. The van der Waals surface area contributed by atoms with Crippen LogP contribution < -0.4 is 0 Å². The first-order chi connectivity index (χ1) is 4.74. The van der Waals surface area contributed by atoms with Gasteiger partial charge in [-0.3, -0.25) is 4.79 Å². The molecule has 0 saturated heterocycles. The zero-order valence-corrected chi connectivity index (χ0v) is 5.97. The van der Waals surface area contributed by atoms with Gasteiger partial charge in [-0.1, -0.05) is 0 Å². The van der Waals surface area contributed by atoms with Gasteiger partial charge in [0.1, 0.15) is 6.17 Å². The van der Waals surface area contributed by atoms with Crippen LogP contribution in [0.3, 0.4) is 0 Å². The third kappa shape index (κ3) is 1.46. The summed E-state index contributed by atoms with van der Waals surface area (Å²) in [6, 6.07) is 0. The van der Waals surface area contributed by atoms with Gasteiger partial charge in [-0.15, -0.1) is 0 Å². The molecule has 1 aliphatic carbocycles. The molecule has 0 atom stereocenters. The molecule has 0 heterocycles. The summed E-state index contributed by atoms with van der Waals surface area (Å²) >= 11 is 0. The number of rotatable bonds is 2. The second kappa shape index (κ2) is 2.99. The van der Waals surface area contributed by atoms with Crippen LogP contribution in [0.5, 0.6) is 0 Å². The van der Waals surface area contributed by atoms with E-state index in [-0.39, 0.29) is 11.9 Å². The maximum absolute atomic E-state index is 12.2. The van der Waals surface area contributed by atoms with E-state index in [4.69, 9.17) is 0 Å². The largest absolute Gasteiger partial charge is 0.466 e. The van der Waals surface area contributed by atoms with Crippen LogP contribution in [0.25, 0.3) is 0 Å². The van der Waals surface area contributed by atoms with Crippen molar-refractivity contribution in [2.75, 3.05) is 6.61 Å². The minimum atomic E-state index is -0.769. The molecule has 10 heavy (non-hydrogen) atoms. The van der Waals surface area contributed by atoms with Crippen molar-refractivity contribution in [2.24, 2.45) is 5.92 Å². The van der Waals surface area contributed by atoms with Crippen molar-refractivity contribution < 1.29 is 13.9 Å². The highest BCUT2D eigenvalue weighted by Gasteiger charge is 2.35. The summed E-state index contributed by atoms with van der Waals surface area (Å²) < 4.78 is 16.8. The van der Waals surface area contributed by atoms with Gasteiger partial charge in [0.2, 0.25) is 0 Å². The van der Waals surface area contributed by atoms with Gasteiger partial charge >= 0.3 is 5.97 Å². The molecule has 0 aromatic heterocycles. The molecule has 1 rings (SSSR count). The minimum absolute atomic E-state index is 0.157. The van der Waals surface area contributed by atoms with Crippen molar-refractivity contribution in [3.63, 3.8) is 0 Å². The topological polar surface area (TPSA) is 26.3 Å². The van der Waals surface area contributed by atoms with E-state index in [9.17, 15) is 9.18 Å². The first-order valence-electron chi connectivity index (χ1n) is 3.54. The zero-order valence-electron chi connectivity index (χ0n) is 5.97. The average Bonchev–Trinajstić information content (AvgIpc) is 1.82. The van der Waals surface area contributed by atoms with E-state index in [0.717, 1.165) is 0 Å². The van der Waals surface area contributed by atoms with Crippen LogP contribution in [0.15, 0.2) is 0 Å². The second-order valence-electron chi connectivity index (χ2n) is 2.52. The monoisotopic (exact) mass is 146 g/mol. The predicted octanol–water partition coefficient (Wildman–Crippen LogP) is 1.30. The standard InChI is InChI=1S/C7H11FO2/c1-2-10-7(9)5-3-6(8)4-5/h5-6H,2-4H2,1H3. The van der Waals surface area contributed by atoms with E-state index in [1.807, 2.05) is 0 Å². The molecule has 0 unspecified atom stereocenters. The van der Waals surface area contributed by atoms with Crippen LogP contribution in [0.2, 0.25) is 0 Å². The maximum atomic E-state index is 12.2. The van der Waals surface area contributed by atoms with Gasteiger partial charge in [0, 0.05) is 0 Å². The summed E-state index contributed by atoms with van der Waals surface area (Å²) in [6.45, 7) is 2.15. The first kappa shape index (κ1) is 7.51. The highest BCUT2D eigenvalue weighted by Crippen LogP contribution is 2.30. The Morgan fingerprint density at radius 3 is 2.70 bits per heavy atom. The number of hydrogen-bond acceptors (Lipinski definition) is 2. The molecule has 0 aromatic carbocycles. The average molecular weight is 146 g/mol. The summed E-state index contributed by atoms with van der Waals surface area (Å²) in [5, 5.41) is 0. The molecule has 58 valence electrons. The van der Waals surface area contributed by atoms with Gasteiger partial charge in [-0.25, -0.2) is 4.39 Å².